The summed E-state index contributed by atoms with van der Waals surface area (Å²) >= 11 is 0. The molecule has 3 nitrogen and oxygen atoms in total. The number of nitrogens with one attached hydrogen (secondary N) is 1. The quantitative estimate of drug-likeness (QED) is 0.905. The van der Waals surface area contributed by atoms with Crippen LogP contribution in [0.3, 0.4) is 0 Å². The van der Waals surface area contributed by atoms with Gasteiger partial charge < -0.3 is 9.73 Å². The SMILES string of the molecule is Fc1ccc(F)c(-c2cnc(C3CCNCC3)o2)c1. The fraction of sp³-hybridized carbons (Fsp3) is 0.357. The number of piperidine rings is 1. The van der Waals surface area contributed by atoms with Crippen LogP contribution in [0.1, 0.15) is 24.7 Å². The van der Waals surface area contributed by atoms with Crippen molar-refractivity contribution in [2.24, 2.45) is 0 Å². The van der Waals surface area contributed by atoms with E-state index in [1.165, 1.54) is 6.20 Å². The van der Waals surface area contributed by atoms with Crippen molar-refractivity contribution in [1.29, 1.82) is 0 Å². The van der Waals surface area contributed by atoms with E-state index in [4.69, 9.17) is 4.42 Å². The smallest absolute Gasteiger partial charge is 0.198 e. The maximum atomic E-state index is 13.6. The van der Waals surface area contributed by atoms with E-state index in [-0.39, 0.29) is 17.2 Å². The van der Waals surface area contributed by atoms with E-state index in [2.05, 4.69) is 10.3 Å². The van der Waals surface area contributed by atoms with Gasteiger partial charge in [0.1, 0.15) is 11.6 Å². The molecule has 0 aliphatic carbocycles. The lowest BCUT2D eigenvalue weighted by Gasteiger charge is -2.19. The maximum absolute atomic E-state index is 13.6. The minimum Gasteiger partial charge on any atom is -0.440 e. The largest absolute Gasteiger partial charge is 0.440 e. The fourth-order valence-electron chi connectivity index (χ4n) is 2.36. The van der Waals surface area contributed by atoms with Gasteiger partial charge in [-0.25, -0.2) is 13.8 Å². The summed E-state index contributed by atoms with van der Waals surface area (Å²) in [4.78, 5) is 4.20. The minimum atomic E-state index is -0.505. The molecule has 1 aromatic heterocycles. The minimum absolute atomic E-state index is 0.118. The molecule has 1 N–H and O–H groups in total. The van der Waals surface area contributed by atoms with Crippen LogP contribution in [-0.4, -0.2) is 18.1 Å². The summed E-state index contributed by atoms with van der Waals surface area (Å²) in [5.74, 6) is 0.156. The number of nitrogens with zero attached hydrogens (tertiary/aromatic N) is 1. The molecule has 1 aromatic carbocycles. The summed E-state index contributed by atoms with van der Waals surface area (Å²) < 4.78 is 32.4. The molecular weight excluding hydrogens is 250 g/mol. The van der Waals surface area contributed by atoms with Crippen molar-refractivity contribution in [2.45, 2.75) is 18.8 Å². The van der Waals surface area contributed by atoms with Crippen LogP contribution < -0.4 is 5.32 Å². The van der Waals surface area contributed by atoms with Gasteiger partial charge in [-0.1, -0.05) is 0 Å². The van der Waals surface area contributed by atoms with E-state index in [0.29, 0.717) is 5.89 Å². The van der Waals surface area contributed by atoms with Gasteiger partial charge in [-0.3, -0.25) is 0 Å². The molecule has 1 fully saturated rings. The van der Waals surface area contributed by atoms with Gasteiger partial charge >= 0.3 is 0 Å². The predicted molar refractivity (Wildman–Crippen MR) is 66.7 cm³/mol. The van der Waals surface area contributed by atoms with Crippen molar-refractivity contribution < 1.29 is 13.2 Å². The monoisotopic (exact) mass is 264 g/mol. The predicted octanol–water partition coefficient (Wildman–Crippen LogP) is 3.09. The Bertz CT molecular complexity index is 577. The molecule has 0 radical (unpaired) electrons. The Labute approximate surface area is 109 Å². The van der Waals surface area contributed by atoms with E-state index in [0.717, 1.165) is 44.1 Å². The highest BCUT2D eigenvalue weighted by atomic mass is 19.1. The van der Waals surface area contributed by atoms with Crippen LogP contribution in [0.25, 0.3) is 11.3 Å². The number of hydrogen-bond donors (Lipinski definition) is 1. The van der Waals surface area contributed by atoms with E-state index < -0.39 is 11.6 Å². The van der Waals surface area contributed by atoms with Crippen LogP contribution >= 0.6 is 0 Å². The molecule has 3 rings (SSSR count). The highest BCUT2D eigenvalue weighted by Crippen LogP contribution is 2.30. The zero-order chi connectivity index (χ0) is 13.2. The molecule has 0 unspecified atom stereocenters. The first-order valence-electron chi connectivity index (χ1n) is 6.36. The second kappa shape index (κ2) is 5.09. The Kier molecular flexibility index (Phi) is 3.29. The third-order valence-corrected chi connectivity index (χ3v) is 3.41. The van der Waals surface area contributed by atoms with Crippen LogP contribution in [0.5, 0.6) is 0 Å². The lowest BCUT2D eigenvalue weighted by molar-refractivity contribution is 0.378. The van der Waals surface area contributed by atoms with Crippen LogP contribution in [0.4, 0.5) is 8.78 Å². The highest BCUT2D eigenvalue weighted by molar-refractivity contribution is 5.57. The van der Waals surface area contributed by atoms with Crippen LogP contribution in [0, 0.1) is 11.6 Å². The van der Waals surface area contributed by atoms with Crippen molar-refractivity contribution in [2.75, 3.05) is 13.1 Å². The molecule has 0 bridgehead atoms. The normalized spacial score (nSPS) is 16.7. The van der Waals surface area contributed by atoms with Gasteiger partial charge in [0.25, 0.3) is 0 Å². The average molecular weight is 264 g/mol. The molecule has 2 heterocycles. The summed E-state index contributed by atoms with van der Waals surface area (Å²) in [6.07, 6.45) is 3.37. The number of rotatable bonds is 2. The third-order valence-electron chi connectivity index (χ3n) is 3.41. The number of hydrogen-bond acceptors (Lipinski definition) is 3. The van der Waals surface area contributed by atoms with E-state index in [9.17, 15) is 8.78 Å². The first-order valence-corrected chi connectivity index (χ1v) is 6.36. The van der Waals surface area contributed by atoms with Gasteiger partial charge in [-0.15, -0.1) is 0 Å². The summed E-state index contributed by atoms with van der Waals surface area (Å²) in [6, 6.07) is 3.31. The molecule has 1 aliphatic heterocycles. The average Bonchev–Trinajstić information content (AvgIpc) is 2.92. The Morgan fingerprint density at radius 2 is 2.00 bits per heavy atom. The van der Waals surface area contributed by atoms with Crippen molar-refractivity contribution in [3.8, 4) is 11.3 Å². The molecular formula is C14H14F2N2O. The highest BCUT2D eigenvalue weighted by Gasteiger charge is 2.21. The Hall–Kier alpha value is -1.75. The molecule has 1 aliphatic rings. The second-order valence-corrected chi connectivity index (χ2v) is 4.71. The van der Waals surface area contributed by atoms with Crippen LogP contribution in [0.2, 0.25) is 0 Å². The zero-order valence-electron chi connectivity index (χ0n) is 10.3. The zero-order valence-corrected chi connectivity index (χ0v) is 10.3. The third kappa shape index (κ3) is 2.51. The molecule has 0 saturated carbocycles. The van der Waals surface area contributed by atoms with Gasteiger partial charge in [0.2, 0.25) is 0 Å². The number of benzene rings is 1. The standard InChI is InChI=1S/C14H14F2N2O/c15-10-1-2-12(16)11(7-10)13-8-18-14(19-13)9-3-5-17-6-4-9/h1-2,7-9,17H,3-6H2. The van der Waals surface area contributed by atoms with Gasteiger partial charge in [0.05, 0.1) is 11.8 Å². The Morgan fingerprint density at radius 1 is 1.21 bits per heavy atom. The van der Waals surface area contributed by atoms with Crippen molar-refractivity contribution in [3.05, 3.63) is 41.9 Å². The molecule has 5 heteroatoms. The summed E-state index contributed by atoms with van der Waals surface area (Å²) in [5.41, 5.74) is 0.118. The van der Waals surface area contributed by atoms with Crippen molar-refractivity contribution in [3.63, 3.8) is 0 Å². The van der Waals surface area contributed by atoms with Crippen LogP contribution in [-0.2, 0) is 0 Å². The molecule has 0 amide bonds. The first kappa shape index (κ1) is 12.3. The van der Waals surface area contributed by atoms with Crippen LogP contribution in [0.15, 0.2) is 28.8 Å². The van der Waals surface area contributed by atoms with Gasteiger partial charge in [-0.2, -0.15) is 0 Å². The summed E-state index contributed by atoms with van der Waals surface area (Å²) in [7, 11) is 0. The van der Waals surface area contributed by atoms with E-state index in [1.54, 1.807) is 0 Å². The van der Waals surface area contributed by atoms with Gasteiger partial charge in [0, 0.05) is 5.92 Å². The number of oxazole rings is 1. The van der Waals surface area contributed by atoms with Gasteiger partial charge in [0.15, 0.2) is 11.7 Å². The first-order chi connectivity index (χ1) is 9.24. The summed E-state index contributed by atoms with van der Waals surface area (Å²) in [5, 5.41) is 3.26. The molecule has 0 atom stereocenters. The van der Waals surface area contributed by atoms with E-state index >= 15 is 0 Å². The molecule has 2 aromatic rings. The number of aromatic nitrogens is 1. The Balaban J connectivity index is 1.89. The lowest BCUT2D eigenvalue weighted by atomic mass is 9.98. The van der Waals surface area contributed by atoms with Gasteiger partial charge in [-0.05, 0) is 44.1 Å². The fourth-order valence-corrected chi connectivity index (χ4v) is 2.36. The topological polar surface area (TPSA) is 38.1 Å². The maximum Gasteiger partial charge on any atom is 0.198 e. The van der Waals surface area contributed by atoms with E-state index in [1.807, 2.05) is 0 Å². The molecule has 19 heavy (non-hydrogen) atoms. The van der Waals surface area contributed by atoms with Crippen molar-refractivity contribution in [1.82, 2.24) is 10.3 Å². The lowest BCUT2D eigenvalue weighted by Crippen LogP contribution is -2.26. The molecule has 100 valence electrons. The van der Waals surface area contributed by atoms with Crippen molar-refractivity contribution >= 4 is 0 Å². The second-order valence-electron chi connectivity index (χ2n) is 4.71. The molecule has 1 saturated heterocycles. The Morgan fingerprint density at radius 3 is 2.79 bits per heavy atom. The molecule has 0 spiro atoms. The summed E-state index contributed by atoms with van der Waals surface area (Å²) in [6.45, 7) is 1.85. The number of halogens is 2.